The molecule has 1 fully saturated rings. The highest BCUT2D eigenvalue weighted by molar-refractivity contribution is 5.87. The van der Waals surface area contributed by atoms with E-state index in [1.165, 1.54) is 0 Å². The third-order valence-electron chi connectivity index (χ3n) is 5.04. The lowest BCUT2D eigenvalue weighted by Gasteiger charge is -2.39. The molecule has 1 aliphatic rings. The van der Waals surface area contributed by atoms with Crippen molar-refractivity contribution in [1.82, 2.24) is 9.80 Å². The Morgan fingerprint density at radius 3 is 2.44 bits per heavy atom. The predicted octanol–water partition coefficient (Wildman–Crippen LogP) is 3.29. The van der Waals surface area contributed by atoms with Crippen molar-refractivity contribution in [2.24, 2.45) is 0 Å². The van der Waals surface area contributed by atoms with E-state index in [2.05, 4.69) is 28.5 Å². The first kappa shape index (κ1) is 19.1. The topological polar surface area (TPSA) is 53.0 Å². The zero-order valence-electron chi connectivity index (χ0n) is 15.7. The second kappa shape index (κ2) is 8.84. The Hall–Kier alpha value is -2.63. The zero-order chi connectivity index (χ0) is 19.2. The quantitative estimate of drug-likeness (QED) is 0.762. The Labute approximate surface area is 160 Å². The molecule has 0 unspecified atom stereocenters. The molecular weight excluding hydrogens is 340 g/mol. The summed E-state index contributed by atoms with van der Waals surface area (Å²) in [6, 6.07) is 15.4. The molecule has 2 aromatic carbocycles. The first-order valence-corrected chi connectivity index (χ1v) is 9.17. The molecule has 0 aliphatic carbocycles. The van der Waals surface area contributed by atoms with Crippen LogP contribution in [0, 0.1) is 0 Å². The maximum Gasteiger partial charge on any atom is 0.335 e. The number of carboxylic acids is 1. The van der Waals surface area contributed by atoms with E-state index in [-0.39, 0.29) is 6.04 Å². The Balaban J connectivity index is 1.91. The van der Waals surface area contributed by atoms with Gasteiger partial charge in [0.2, 0.25) is 0 Å². The third kappa shape index (κ3) is 4.56. The molecule has 0 aromatic heterocycles. The van der Waals surface area contributed by atoms with Gasteiger partial charge in [0.15, 0.2) is 0 Å². The molecule has 27 heavy (non-hydrogen) atoms. The molecule has 1 aliphatic heterocycles. The summed E-state index contributed by atoms with van der Waals surface area (Å²) >= 11 is 0. The van der Waals surface area contributed by atoms with E-state index in [1.807, 2.05) is 30.3 Å². The zero-order valence-corrected chi connectivity index (χ0v) is 15.7. The number of carboxylic acid groups (broad SMARTS) is 1. The fraction of sp³-hybridized carbons (Fsp3) is 0.318. The van der Waals surface area contributed by atoms with Crippen molar-refractivity contribution in [3.8, 4) is 5.75 Å². The molecule has 0 amide bonds. The van der Waals surface area contributed by atoms with Gasteiger partial charge in [-0.15, -0.1) is 6.58 Å². The summed E-state index contributed by atoms with van der Waals surface area (Å²) in [5.74, 6) is -0.0810. The van der Waals surface area contributed by atoms with E-state index < -0.39 is 5.97 Å². The minimum absolute atomic E-state index is 0.0637. The van der Waals surface area contributed by atoms with Crippen molar-refractivity contribution in [1.29, 1.82) is 0 Å². The van der Waals surface area contributed by atoms with Gasteiger partial charge in [-0.3, -0.25) is 9.80 Å². The molecule has 0 bridgehead atoms. The molecule has 5 nitrogen and oxygen atoms in total. The van der Waals surface area contributed by atoms with E-state index in [4.69, 9.17) is 4.74 Å². The lowest BCUT2D eigenvalue weighted by atomic mass is 9.95. The number of rotatable bonds is 7. The molecule has 1 N–H and O–H groups in total. The Morgan fingerprint density at radius 1 is 1.15 bits per heavy atom. The SMILES string of the molecule is C=CCN1CCN([C@@H](c2ccc(C(=O)O)cc2)c2cccc(OC)c2)CC1. The molecule has 3 rings (SSSR count). The molecule has 1 heterocycles. The van der Waals surface area contributed by atoms with E-state index in [1.54, 1.807) is 19.2 Å². The summed E-state index contributed by atoms with van der Waals surface area (Å²) < 4.78 is 5.41. The van der Waals surface area contributed by atoms with Crippen LogP contribution in [0.3, 0.4) is 0 Å². The first-order chi connectivity index (χ1) is 13.1. The lowest BCUT2D eigenvalue weighted by molar-refractivity contribution is 0.0697. The highest BCUT2D eigenvalue weighted by atomic mass is 16.5. The number of piperazine rings is 1. The van der Waals surface area contributed by atoms with Crippen molar-refractivity contribution in [3.63, 3.8) is 0 Å². The molecule has 0 spiro atoms. The molecule has 5 heteroatoms. The van der Waals surface area contributed by atoms with Crippen LogP contribution in [-0.4, -0.2) is 60.7 Å². The van der Waals surface area contributed by atoms with E-state index in [0.717, 1.165) is 49.6 Å². The summed E-state index contributed by atoms with van der Waals surface area (Å²) in [5.41, 5.74) is 2.54. The van der Waals surface area contributed by atoms with Crippen molar-refractivity contribution < 1.29 is 14.6 Å². The Kier molecular flexibility index (Phi) is 6.27. The first-order valence-electron chi connectivity index (χ1n) is 9.17. The normalized spacial score (nSPS) is 16.6. The molecule has 2 aromatic rings. The standard InChI is InChI=1S/C22H26N2O3/c1-3-11-23-12-14-24(15-13-23)21(19-5-4-6-20(16-19)27-2)17-7-9-18(10-8-17)22(25)26/h3-10,16,21H,1,11-15H2,2H3,(H,25,26)/t21-/m0/s1. The van der Waals surface area contributed by atoms with Crippen LogP contribution < -0.4 is 4.74 Å². The molecule has 142 valence electrons. The number of ether oxygens (including phenoxy) is 1. The van der Waals surface area contributed by atoms with E-state index in [0.29, 0.717) is 5.56 Å². The smallest absolute Gasteiger partial charge is 0.335 e. The summed E-state index contributed by atoms with van der Waals surface area (Å²) in [4.78, 5) is 16.0. The van der Waals surface area contributed by atoms with Crippen molar-refractivity contribution in [2.75, 3.05) is 39.8 Å². The van der Waals surface area contributed by atoms with Crippen LogP contribution in [0.1, 0.15) is 27.5 Å². The number of methoxy groups -OCH3 is 1. The molecule has 1 atom stereocenters. The molecule has 0 radical (unpaired) electrons. The largest absolute Gasteiger partial charge is 0.497 e. The van der Waals surface area contributed by atoms with Gasteiger partial charge in [0, 0.05) is 32.7 Å². The van der Waals surface area contributed by atoms with Crippen molar-refractivity contribution >= 4 is 5.97 Å². The van der Waals surface area contributed by atoms with Gasteiger partial charge in [0.05, 0.1) is 18.7 Å². The Morgan fingerprint density at radius 2 is 1.85 bits per heavy atom. The second-order valence-corrected chi connectivity index (χ2v) is 6.73. The van der Waals surface area contributed by atoms with Crippen LogP contribution in [-0.2, 0) is 0 Å². The summed E-state index contributed by atoms with van der Waals surface area (Å²) in [5, 5.41) is 9.19. The van der Waals surface area contributed by atoms with Gasteiger partial charge in [0.25, 0.3) is 0 Å². The van der Waals surface area contributed by atoms with Gasteiger partial charge in [-0.25, -0.2) is 4.79 Å². The van der Waals surface area contributed by atoms with Crippen molar-refractivity contribution in [2.45, 2.75) is 6.04 Å². The highest BCUT2D eigenvalue weighted by Gasteiger charge is 2.26. The maximum absolute atomic E-state index is 11.2. The predicted molar refractivity (Wildman–Crippen MR) is 106 cm³/mol. The average molecular weight is 366 g/mol. The highest BCUT2D eigenvalue weighted by Crippen LogP contribution is 2.31. The molecule has 1 saturated heterocycles. The second-order valence-electron chi connectivity index (χ2n) is 6.73. The van der Waals surface area contributed by atoms with E-state index >= 15 is 0 Å². The minimum Gasteiger partial charge on any atom is -0.497 e. The number of nitrogens with zero attached hydrogens (tertiary/aromatic N) is 2. The Bertz CT molecular complexity index is 780. The lowest BCUT2D eigenvalue weighted by Crippen LogP contribution is -2.47. The van der Waals surface area contributed by atoms with Crippen LogP contribution >= 0.6 is 0 Å². The number of aromatic carboxylic acids is 1. The van der Waals surface area contributed by atoms with Crippen LogP contribution in [0.2, 0.25) is 0 Å². The summed E-state index contributed by atoms with van der Waals surface area (Å²) in [7, 11) is 1.67. The number of hydrogen-bond acceptors (Lipinski definition) is 4. The fourth-order valence-corrected chi connectivity index (χ4v) is 3.62. The maximum atomic E-state index is 11.2. The molecule has 0 saturated carbocycles. The van der Waals surface area contributed by atoms with Crippen molar-refractivity contribution in [3.05, 3.63) is 77.9 Å². The van der Waals surface area contributed by atoms with Gasteiger partial charge in [-0.1, -0.05) is 30.3 Å². The van der Waals surface area contributed by atoms with Gasteiger partial charge in [-0.2, -0.15) is 0 Å². The average Bonchev–Trinajstić information content (AvgIpc) is 2.70. The van der Waals surface area contributed by atoms with Gasteiger partial charge >= 0.3 is 5.97 Å². The van der Waals surface area contributed by atoms with Gasteiger partial charge in [0.1, 0.15) is 5.75 Å². The molecular formula is C22H26N2O3. The monoisotopic (exact) mass is 366 g/mol. The number of carbonyl (C=O) groups is 1. The number of hydrogen-bond donors (Lipinski definition) is 1. The van der Waals surface area contributed by atoms with Crippen LogP contribution in [0.4, 0.5) is 0 Å². The minimum atomic E-state index is -0.905. The van der Waals surface area contributed by atoms with Crippen LogP contribution in [0.15, 0.2) is 61.2 Å². The summed E-state index contributed by atoms with van der Waals surface area (Å²) in [6.07, 6.45) is 1.94. The van der Waals surface area contributed by atoms with Crippen LogP contribution in [0.5, 0.6) is 5.75 Å². The third-order valence-corrected chi connectivity index (χ3v) is 5.04. The van der Waals surface area contributed by atoms with E-state index in [9.17, 15) is 9.90 Å². The van der Waals surface area contributed by atoms with Gasteiger partial charge in [-0.05, 0) is 35.4 Å². The fourth-order valence-electron chi connectivity index (χ4n) is 3.62. The number of benzene rings is 2. The van der Waals surface area contributed by atoms with Crippen LogP contribution in [0.25, 0.3) is 0 Å². The summed E-state index contributed by atoms with van der Waals surface area (Å²) in [6.45, 7) is 8.59. The van der Waals surface area contributed by atoms with Gasteiger partial charge < -0.3 is 9.84 Å².